The predicted octanol–water partition coefficient (Wildman–Crippen LogP) is 2.33. The number of anilines is 2. The molecule has 0 unspecified atom stereocenters. The monoisotopic (exact) mass is 262 g/mol. The molecule has 0 saturated carbocycles. The van der Waals surface area contributed by atoms with Gasteiger partial charge in [-0.15, -0.1) is 0 Å². The summed E-state index contributed by atoms with van der Waals surface area (Å²) in [4.78, 5) is 24.7. The van der Waals surface area contributed by atoms with Gasteiger partial charge in [-0.1, -0.05) is 0 Å². The van der Waals surface area contributed by atoms with Crippen LogP contribution in [0.4, 0.5) is 11.4 Å². The van der Waals surface area contributed by atoms with Crippen LogP contribution in [-0.2, 0) is 4.79 Å². The first-order chi connectivity index (χ1) is 9.11. The van der Waals surface area contributed by atoms with Crippen LogP contribution >= 0.6 is 0 Å². The van der Waals surface area contributed by atoms with Crippen LogP contribution in [-0.4, -0.2) is 30.1 Å². The molecular weight excluding hydrogens is 244 g/mol. The molecule has 5 heteroatoms. The zero-order valence-electron chi connectivity index (χ0n) is 11.0. The van der Waals surface area contributed by atoms with Crippen molar-refractivity contribution in [1.29, 1.82) is 0 Å². The first-order valence-corrected chi connectivity index (χ1v) is 6.54. The molecule has 1 fully saturated rings. The fourth-order valence-corrected chi connectivity index (χ4v) is 2.28. The molecule has 2 rings (SSSR count). The lowest BCUT2D eigenvalue weighted by Gasteiger charge is -2.27. The second kappa shape index (κ2) is 5.73. The molecule has 1 heterocycles. The zero-order chi connectivity index (χ0) is 13.8. The number of nitrogens with zero attached hydrogens (tertiary/aromatic N) is 1. The number of carboxylic acid groups (broad SMARTS) is 1. The molecule has 0 spiro atoms. The summed E-state index contributed by atoms with van der Waals surface area (Å²) in [6.45, 7) is 3.31. The minimum absolute atomic E-state index is 0.0660. The Balaban J connectivity index is 2.37. The molecule has 102 valence electrons. The van der Waals surface area contributed by atoms with E-state index in [4.69, 9.17) is 5.11 Å². The van der Waals surface area contributed by atoms with E-state index >= 15 is 0 Å². The summed E-state index contributed by atoms with van der Waals surface area (Å²) in [6, 6.07) is 4.98. The van der Waals surface area contributed by atoms with Crippen molar-refractivity contribution in [2.75, 3.05) is 23.3 Å². The molecule has 0 bridgehead atoms. The normalized spacial score (nSPS) is 15.4. The molecule has 1 aliphatic rings. The van der Waals surface area contributed by atoms with Crippen molar-refractivity contribution < 1.29 is 14.7 Å². The largest absolute Gasteiger partial charge is 0.478 e. The van der Waals surface area contributed by atoms with E-state index in [1.54, 1.807) is 17.0 Å². The van der Waals surface area contributed by atoms with Gasteiger partial charge in [0.05, 0.1) is 5.56 Å². The predicted molar refractivity (Wildman–Crippen MR) is 73.8 cm³/mol. The third-order valence-corrected chi connectivity index (χ3v) is 3.18. The van der Waals surface area contributed by atoms with Gasteiger partial charge in [-0.25, -0.2) is 4.79 Å². The maximum Gasteiger partial charge on any atom is 0.335 e. The van der Waals surface area contributed by atoms with Crippen molar-refractivity contribution in [2.24, 2.45) is 0 Å². The molecule has 19 heavy (non-hydrogen) atoms. The molecule has 0 radical (unpaired) electrons. The van der Waals surface area contributed by atoms with E-state index in [-0.39, 0.29) is 11.5 Å². The number of aromatic carboxylic acids is 1. The Kier molecular flexibility index (Phi) is 4.04. The van der Waals surface area contributed by atoms with E-state index in [2.05, 4.69) is 5.32 Å². The number of carbonyl (C=O) groups excluding carboxylic acids is 1. The van der Waals surface area contributed by atoms with Gasteiger partial charge in [0.15, 0.2) is 0 Å². The second-order valence-corrected chi connectivity index (χ2v) is 4.61. The maximum absolute atomic E-state index is 11.9. The molecule has 0 atom stereocenters. The number of hydrogen-bond acceptors (Lipinski definition) is 3. The van der Waals surface area contributed by atoms with E-state index in [1.165, 1.54) is 0 Å². The summed E-state index contributed by atoms with van der Waals surface area (Å²) in [5, 5.41) is 12.2. The standard InChI is InChI=1S/C14H18N2O3/c1-2-15-11-7-10(14(18)19)8-12(9-11)16-6-4-3-5-13(16)17/h7-9,15H,2-6H2,1H3,(H,18,19). The van der Waals surface area contributed by atoms with Crippen LogP contribution < -0.4 is 10.2 Å². The van der Waals surface area contributed by atoms with E-state index < -0.39 is 5.97 Å². The summed E-state index contributed by atoms with van der Waals surface area (Å²) in [5.41, 5.74) is 1.60. The number of hydrogen-bond donors (Lipinski definition) is 2. The Hall–Kier alpha value is -2.04. The van der Waals surface area contributed by atoms with E-state index in [9.17, 15) is 9.59 Å². The number of amides is 1. The highest BCUT2D eigenvalue weighted by Crippen LogP contribution is 2.26. The molecule has 1 aromatic rings. The molecular formula is C14H18N2O3. The second-order valence-electron chi connectivity index (χ2n) is 4.61. The average Bonchev–Trinajstić information content (AvgIpc) is 2.39. The lowest BCUT2D eigenvalue weighted by atomic mass is 10.1. The SMILES string of the molecule is CCNc1cc(C(=O)O)cc(N2CCCCC2=O)c1. The highest BCUT2D eigenvalue weighted by molar-refractivity contribution is 5.97. The highest BCUT2D eigenvalue weighted by atomic mass is 16.4. The summed E-state index contributed by atoms with van der Waals surface area (Å²) >= 11 is 0. The smallest absolute Gasteiger partial charge is 0.335 e. The topological polar surface area (TPSA) is 69.6 Å². The summed E-state index contributed by atoms with van der Waals surface area (Å²) < 4.78 is 0. The Bertz CT molecular complexity index is 499. The van der Waals surface area contributed by atoms with Gasteiger partial charge in [0.25, 0.3) is 0 Å². The number of carboxylic acids is 1. The molecule has 0 aliphatic carbocycles. The van der Waals surface area contributed by atoms with E-state index in [0.717, 1.165) is 18.5 Å². The Morgan fingerprint density at radius 3 is 2.79 bits per heavy atom. The van der Waals surface area contributed by atoms with Crippen LogP contribution in [0, 0.1) is 0 Å². The fourth-order valence-electron chi connectivity index (χ4n) is 2.28. The van der Waals surface area contributed by atoms with Crippen LogP contribution in [0.5, 0.6) is 0 Å². The fraction of sp³-hybridized carbons (Fsp3) is 0.429. The minimum Gasteiger partial charge on any atom is -0.478 e. The van der Waals surface area contributed by atoms with Crippen LogP contribution in [0.15, 0.2) is 18.2 Å². The van der Waals surface area contributed by atoms with Crippen molar-refractivity contribution in [3.05, 3.63) is 23.8 Å². The average molecular weight is 262 g/mol. The molecule has 1 saturated heterocycles. The first-order valence-electron chi connectivity index (χ1n) is 6.54. The van der Waals surface area contributed by atoms with Crippen LogP contribution in [0.25, 0.3) is 0 Å². The van der Waals surface area contributed by atoms with E-state index in [1.807, 2.05) is 13.0 Å². The minimum atomic E-state index is -0.981. The Morgan fingerprint density at radius 2 is 2.16 bits per heavy atom. The molecule has 5 nitrogen and oxygen atoms in total. The molecule has 1 amide bonds. The number of carbonyl (C=O) groups is 2. The highest BCUT2D eigenvalue weighted by Gasteiger charge is 2.21. The maximum atomic E-state index is 11.9. The summed E-state index contributed by atoms with van der Waals surface area (Å²) in [7, 11) is 0. The van der Waals surface area contributed by atoms with Crippen LogP contribution in [0.3, 0.4) is 0 Å². The first kappa shape index (κ1) is 13.4. The van der Waals surface area contributed by atoms with Crippen molar-refractivity contribution >= 4 is 23.3 Å². The van der Waals surface area contributed by atoms with Gasteiger partial charge in [-0.05, 0) is 38.0 Å². The number of benzene rings is 1. The number of rotatable bonds is 4. The molecule has 1 aliphatic heterocycles. The number of piperidine rings is 1. The quantitative estimate of drug-likeness (QED) is 0.873. The summed E-state index contributed by atoms with van der Waals surface area (Å²) in [6.07, 6.45) is 2.40. The lowest BCUT2D eigenvalue weighted by Crippen LogP contribution is -2.35. The van der Waals surface area contributed by atoms with Crippen molar-refractivity contribution in [2.45, 2.75) is 26.2 Å². The molecule has 1 aromatic carbocycles. The third kappa shape index (κ3) is 3.05. The van der Waals surface area contributed by atoms with Crippen LogP contribution in [0.2, 0.25) is 0 Å². The van der Waals surface area contributed by atoms with Gasteiger partial charge in [-0.2, -0.15) is 0 Å². The Morgan fingerprint density at radius 1 is 1.37 bits per heavy atom. The van der Waals surface area contributed by atoms with Crippen molar-refractivity contribution in [1.82, 2.24) is 0 Å². The van der Waals surface area contributed by atoms with Gasteiger partial charge < -0.3 is 15.3 Å². The van der Waals surface area contributed by atoms with Gasteiger partial charge in [0.1, 0.15) is 0 Å². The van der Waals surface area contributed by atoms with Crippen molar-refractivity contribution in [3.63, 3.8) is 0 Å². The Labute approximate surface area is 112 Å². The van der Waals surface area contributed by atoms with Gasteiger partial charge >= 0.3 is 5.97 Å². The zero-order valence-corrected chi connectivity index (χ0v) is 11.0. The lowest BCUT2D eigenvalue weighted by molar-refractivity contribution is -0.119. The molecule has 2 N–H and O–H groups in total. The third-order valence-electron chi connectivity index (χ3n) is 3.18. The number of nitrogens with one attached hydrogen (secondary N) is 1. The van der Waals surface area contributed by atoms with Gasteiger partial charge in [0.2, 0.25) is 5.91 Å². The molecule has 0 aromatic heterocycles. The van der Waals surface area contributed by atoms with Gasteiger partial charge in [0, 0.05) is 30.9 Å². The summed E-state index contributed by atoms with van der Waals surface area (Å²) in [5.74, 6) is -0.915. The van der Waals surface area contributed by atoms with Crippen LogP contribution in [0.1, 0.15) is 36.5 Å². The van der Waals surface area contributed by atoms with Gasteiger partial charge in [-0.3, -0.25) is 4.79 Å². The van der Waals surface area contributed by atoms with Crippen molar-refractivity contribution in [3.8, 4) is 0 Å². The van der Waals surface area contributed by atoms with E-state index in [0.29, 0.717) is 25.2 Å².